The maximum absolute atomic E-state index is 13.9. The second-order valence-electron chi connectivity index (χ2n) is 9.95. The molecule has 4 aromatic rings. The minimum absolute atomic E-state index is 0.0502. The van der Waals surface area contributed by atoms with Crippen molar-refractivity contribution in [3.8, 4) is 5.75 Å². The van der Waals surface area contributed by atoms with E-state index < -0.39 is 4.92 Å². The van der Waals surface area contributed by atoms with Gasteiger partial charge in [0.15, 0.2) is 5.76 Å². The molecule has 0 N–H and O–H groups in total. The lowest BCUT2D eigenvalue weighted by Crippen LogP contribution is -2.48. The van der Waals surface area contributed by atoms with Gasteiger partial charge in [-0.1, -0.05) is 24.3 Å². The summed E-state index contributed by atoms with van der Waals surface area (Å²) in [7, 11) is 1.63. The Morgan fingerprint density at radius 3 is 2.27 bits per heavy atom. The van der Waals surface area contributed by atoms with Crippen LogP contribution in [-0.4, -0.2) is 53.9 Å². The first-order valence-corrected chi connectivity index (χ1v) is 13.3. The third-order valence-electron chi connectivity index (χ3n) is 7.08. The van der Waals surface area contributed by atoms with Gasteiger partial charge in [0.2, 0.25) is 0 Å². The molecule has 1 fully saturated rings. The summed E-state index contributed by atoms with van der Waals surface area (Å²) in [5, 5.41) is 10.9. The molecule has 212 valence electrons. The van der Waals surface area contributed by atoms with Crippen LogP contribution < -0.4 is 9.64 Å². The monoisotopic (exact) mass is 558 g/mol. The molecule has 1 aliphatic heterocycles. The number of nitrogens with zero attached hydrogens (tertiary/aromatic N) is 4. The van der Waals surface area contributed by atoms with Crippen LogP contribution in [0, 0.1) is 15.9 Å². The first-order chi connectivity index (χ1) is 19.9. The lowest BCUT2D eigenvalue weighted by atomic mass is 10.1. The largest absolute Gasteiger partial charge is 0.497 e. The highest BCUT2D eigenvalue weighted by Crippen LogP contribution is 2.23. The molecule has 1 amide bonds. The molecule has 0 radical (unpaired) electrons. The lowest BCUT2D eigenvalue weighted by molar-refractivity contribution is -0.384. The molecule has 10 heteroatoms. The van der Waals surface area contributed by atoms with Gasteiger partial charge in [0.25, 0.3) is 11.6 Å². The molecule has 0 aliphatic carbocycles. The molecule has 1 aliphatic rings. The SMILES string of the molecule is COc1cccc(CN(Cc2cccc(F)c2)Cc2ccc(C(=O)N3CCN(c4ccc([N+](=O)[O-])cc4)CC3)o2)c1. The molecule has 0 bridgehead atoms. The topological polar surface area (TPSA) is 92.3 Å². The van der Waals surface area contributed by atoms with Gasteiger partial charge in [-0.15, -0.1) is 0 Å². The number of hydrogen-bond acceptors (Lipinski definition) is 7. The number of methoxy groups -OCH3 is 1. The average Bonchev–Trinajstić information content (AvgIpc) is 3.45. The maximum Gasteiger partial charge on any atom is 0.289 e. The molecule has 3 aromatic carbocycles. The Kier molecular flexibility index (Phi) is 8.59. The van der Waals surface area contributed by atoms with E-state index in [2.05, 4.69) is 9.80 Å². The highest BCUT2D eigenvalue weighted by atomic mass is 19.1. The molecule has 1 saturated heterocycles. The van der Waals surface area contributed by atoms with Gasteiger partial charge >= 0.3 is 0 Å². The minimum Gasteiger partial charge on any atom is -0.497 e. The van der Waals surface area contributed by atoms with Crippen LogP contribution in [0.2, 0.25) is 0 Å². The van der Waals surface area contributed by atoms with Crippen molar-refractivity contribution in [2.75, 3.05) is 38.2 Å². The molecular formula is C31H31FN4O5. The average molecular weight is 559 g/mol. The number of rotatable bonds is 10. The molecule has 1 aromatic heterocycles. The summed E-state index contributed by atoms with van der Waals surface area (Å²) in [5.74, 6) is 1.20. The van der Waals surface area contributed by atoms with Crippen molar-refractivity contribution in [2.45, 2.75) is 19.6 Å². The molecule has 0 atom stereocenters. The lowest BCUT2D eigenvalue weighted by Gasteiger charge is -2.35. The van der Waals surface area contributed by atoms with Crippen molar-refractivity contribution in [1.82, 2.24) is 9.80 Å². The quantitative estimate of drug-likeness (QED) is 0.187. The Balaban J connectivity index is 1.23. The van der Waals surface area contributed by atoms with Crippen molar-refractivity contribution in [2.24, 2.45) is 0 Å². The first-order valence-electron chi connectivity index (χ1n) is 13.3. The van der Waals surface area contributed by atoms with Crippen LogP contribution in [0.25, 0.3) is 0 Å². The van der Waals surface area contributed by atoms with Crippen LogP contribution in [0.5, 0.6) is 5.75 Å². The molecule has 0 spiro atoms. The maximum atomic E-state index is 13.9. The second-order valence-corrected chi connectivity index (χ2v) is 9.95. The number of anilines is 1. The van der Waals surface area contributed by atoms with Gasteiger partial charge in [0.1, 0.15) is 17.3 Å². The van der Waals surface area contributed by atoms with E-state index in [4.69, 9.17) is 9.15 Å². The predicted molar refractivity (Wildman–Crippen MR) is 152 cm³/mol. The third kappa shape index (κ3) is 7.09. The summed E-state index contributed by atoms with van der Waals surface area (Å²) in [4.78, 5) is 29.7. The molecule has 5 rings (SSSR count). The molecule has 2 heterocycles. The first kappa shape index (κ1) is 27.9. The molecule has 0 saturated carbocycles. The summed E-state index contributed by atoms with van der Waals surface area (Å²) in [6, 6.07) is 24.3. The molecule has 0 unspecified atom stereocenters. The number of ether oxygens (including phenoxy) is 1. The normalized spacial score (nSPS) is 13.4. The van der Waals surface area contributed by atoms with Gasteiger partial charge in [0, 0.05) is 57.1 Å². The van der Waals surface area contributed by atoms with Gasteiger partial charge < -0.3 is 19.0 Å². The van der Waals surface area contributed by atoms with E-state index >= 15 is 0 Å². The number of amides is 1. The highest BCUT2D eigenvalue weighted by Gasteiger charge is 2.25. The van der Waals surface area contributed by atoms with Crippen LogP contribution in [-0.2, 0) is 19.6 Å². The summed E-state index contributed by atoms with van der Waals surface area (Å²) >= 11 is 0. The fourth-order valence-corrected chi connectivity index (χ4v) is 5.00. The second kappa shape index (κ2) is 12.6. The number of carbonyl (C=O) groups excluding carboxylic acids is 1. The number of nitro benzene ring substituents is 1. The number of benzene rings is 3. The smallest absolute Gasteiger partial charge is 0.289 e. The number of hydrogen-bond donors (Lipinski definition) is 0. The number of non-ortho nitro benzene ring substituents is 1. The number of furan rings is 1. The van der Waals surface area contributed by atoms with E-state index in [9.17, 15) is 19.3 Å². The van der Waals surface area contributed by atoms with E-state index in [-0.39, 0.29) is 23.2 Å². The van der Waals surface area contributed by atoms with E-state index in [1.807, 2.05) is 36.4 Å². The fraction of sp³-hybridized carbons (Fsp3) is 0.258. The molecular weight excluding hydrogens is 527 g/mol. The van der Waals surface area contributed by atoms with Crippen LogP contribution in [0.3, 0.4) is 0 Å². The van der Waals surface area contributed by atoms with Gasteiger partial charge in [0.05, 0.1) is 18.6 Å². The zero-order valence-corrected chi connectivity index (χ0v) is 22.7. The summed E-state index contributed by atoms with van der Waals surface area (Å²) in [6.07, 6.45) is 0. The Morgan fingerprint density at radius 2 is 1.61 bits per heavy atom. The van der Waals surface area contributed by atoms with Crippen LogP contribution in [0.15, 0.2) is 89.3 Å². The van der Waals surface area contributed by atoms with Crippen LogP contribution >= 0.6 is 0 Å². The number of piperazine rings is 1. The number of halogens is 1. The van der Waals surface area contributed by atoms with Crippen molar-refractivity contribution < 1.29 is 23.3 Å². The Hall–Kier alpha value is -4.70. The fourth-order valence-electron chi connectivity index (χ4n) is 5.00. The molecule has 41 heavy (non-hydrogen) atoms. The van der Waals surface area contributed by atoms with Crippen molar-refractivity contribution in [3.63, 3.8) is 0 Å². The van der Waals surface area contributed by atoms with Crippen molar-refractivity contribution in [3.05, 3.63) is 124 Å². The van der Waals surface area contributed by atoms with E-state index in [0.717, 1.165) is 22.6 Å². The predicted octanol–water partition coefficient (Wildman–Crippen LogP) is 5.50. The zero-order chi connectivity index (χ0) is 28.8. The Bertz CT molecular complexity index is 1500. The van der Waals surface area contributed by atoms with Crippen LogP contribution in [0.4, 0.5) is 15.8 Å². The third-order valence-corrected chi connectivity index (χ3v) is 7.08. The number of nitro groups is 1. The standard InChI is InChI=1S/C31H31FN4O5/c1-40-28-7-3-5-24(19-28)21-33(20-23-4-2-6-25(32)18-23)22-29-12-13-30(41-29)31(37)35-16-14-34(15-17-35)26-8-10-27(11-9-26)36(38)39/h2-13,18-19H,14-17,20-22H2,1H3. The summed E-state index contributed by atoms with van der Waals surface area (Å²) in [6.45, 7) is 3.72. The van der Waals surface area contributed by atoms with Gasteiger partial charge in [-0.3, -0.25) is 19.8 Å². The number of carbonyl (C=O) groups is 1. The highest BCUT2D eigenvalue weighted by molar-refractivity contribution is 5.91. The molecule has 9 nitrogen and oxygen atoms in total. The summed E-state index contributed by atoms with van der Waals surface area (Å²) in [5.41, 5.74) is 2.81. The van der Waals surface area contributed by atoms with E-state index in [1.54, 1.807) is 36.3 Å². The Morgan fingerprint density at radius 1 is 0.927 bits per heavy atom. The van der Waals surface area contributed by atoms with Crippen molar-refractivity contribution in [1.29, 1.82) is 0 Å². The Labute approximate surface area is 237 Å². The van der Waals surface area contributed by atoms with Gasteiger partial charge in [-0.2, -0.15) is 0 Å². The van der Waals surface area contributed by atoms with Gasteiger partial charge in [-0.25, -0.2) is 4.39 Å². The van der Waals surface area contributed by atoms with Gasteiger partial charge in [-0.05, 0) is 59.7 Å². The minimum atomic E-state index is -0.419. The van der Waals surface area contributed by atoms with Crippen LogP contribution in [0.1, 0.15) is 27.4 Å². The van der Waals surface area contributed by atoms with E-state index in [1.165, 1.54) is 24.3 Å². The van der Waals surface area contributed by atoms with Crippen molar-refractivity contribution >= 4 is 17.3 Å². The zero-order valence-electron chi connectivity index (χ0n) is 22.7. The summed E-state index contributed by atoms with van der Waals surface area (Å²) < 4.78 is 25.3. The van der Waals surface area contributed by atoms with E-state index in [0.29, 0.717) is 51.6 Å².